The van der Waals surface area contributed by atoms with Crippen molar-refractivity contribution in [3.8, 4) is 5.75 Å². The molecular formula is C16H27IN4O2. The van der Waals surface area contributed by atoms with E-state index in [0.717, 1.165) is 30.9 Å². The number of ether oxygens (including phenoxy) is 2. The SMILES string of the molecule is CN(C)CCOc1ccccc1CN=C(N)N1CCOCC1.I. The summed E-state index contributed by atoms with van der Waals surface area (Å²) in [6.07, 6.45) is 0. The third kappa shape index (κ3) is 6.92. The molecule has 2 rings (SSSR count). The lowest BCUT2D eigenvalue weighted by atomic mass is 10.2. The molecule has 1 saturated heterocycles. The first-order valence-corrected chi connectivity index (χ1v) is 7.65. The van der Waals surface area contributed by atoms with Crippen molar-refractivity contribution in [2.75, 3.05) is 53.6 Å². The summed E-state index contributed by atoms with van der Waals surface area (Å²) in [5.74, 6) is 1.45. The van der Waals surface area contributed by atoms with Crippen molar-refractivity contribution in [3.05, 3.63) is 29.8 Å². The summed E-state index contributed by atoms with van der Waals surface area (Å²) in [5.41, 5.74) is 7.11. The Hall–Kier alpha value is -1.06. The molecule has 130 valence electrons. The maximum absolute atomic E-state index is 6.06. The minimum atomic E-state index is 0. The highest BCUT2D eigenvalue weighted by atomic mass is 127. The molecule has 0 aliphatic carbocycles. The Kier molecular flexibility index (Phi) is 9.27. The van der Waals surface area contributed by atoms with E-state index in [1.54, 1.807) is 0 Å². The lowest BCUT2D eigenvalue weighted by Crippen LogP contribution is -2.44. The number of aliphatic imine (C=N–C) groups is 1. The Balaban J connectivity index is 0.00000264. The summed E-state index contributed by atoms with van der Waals surface area (Å²) in [7, 11) is 4.06. The molecular weight excluding hydrogens is 407 g/mol. The first kappa shape index (κ1) is 20.0. The van der Waals surface area contributed by atoms with Crippen molar-refractivity contribution in [1.82, 2.24) is 9.80 Å². The van der Waals surface area contributed by atoms with Crippen molar-refractivity contribution in [2.24, 2.45) is 10.7 Å². The first-order chi connectivity index (χ1) is 10.7. The van der Waals surface area contributed by atoms with Gasteiger partial charge in [0.2, 0.25) is 0 Å². The van der Waals surface area contributed by atoms with Crippen LogP contribution in [0, 0.1) is 0 Å². The Bertz CT molecular complexity index is 491. The summed E-state index contributed by atoms with van der Waals surface area (Å²) in [6, 6.07) is 7.98. The van der Waals surface area contributed by atoms with Crippen LogP contribution in [0.2, 0.25) is 0 Å². The molecule has 0 saturated carbocycles. The molecule has 7 heteroatoms. The van der Waals surface area contributed by atoms with Gasteiger partial charge >= 0.3 is 0 Å². The van der Waals surface area contributed by atoms with E-state index in [-0.39, 0.29) is 24.0 Å². The van der Waals surface area contributed by atoms with Crippen molar-refractivity contribution < 1.29 is 9.47 Å². The Morgan fingerprint density at radius 3 is 2.70 bits per heavy atom. The zero-order valence-electron chi connectivity index (χ0n) is 13.9. The number of likely N-dealkylation sites (N-methyl/N-ethyl adjacent to an activating group) is 1. The monoisotopic (exact) mass is 434 g/mol. The van der Waals surface area contributed by atoms with Gasteiger partial charge in [-0.05, 0) is 20.2 Å². The molecule has 1 aromatic rings. The largest absolute Gasteiger partial charge is 0.492 e. The quantitative estimate of drug-likeness (QED) is 0.417. The molecule has 0 atom stereocenters. The van der Waals surface area contributed by atoms with Crippen LogP contribution in [0.5, 0.6) is 5.75 Å². The van der Waals surface area contributed by atoms with Crippen molar-refractivity contribution >= 4 is 29.9 Å². The second-order valence-electron chi connectivity index (χ2n) is 5.53. The van der Waals surface area contributed by atoms with E-state index >= 15 is 0 Å². The zero-order valence-corrected chi connectivity index (χ0v) is 16.2. The Morgan fingerprint density at radius 2 is 2.00 bits per heavy atom. The van der Waals surface area contributed by atoms with Crippen molar-refractivity contribution in [2.45, 2.75) is 6.54 Å². The van der Waals surface area contributed by atoms with Gasteiger partial charge in [0.05, 0.1) is 19.8 Å². The number of guanidine groups is 1. The number of hydrogen-bond donors (Lipinski definition) is 1. The van der Waals surface area contributed by atoms with Crippen LogP contribution in [0.3, 0.4) is 0 Å². The lowest BCUT2D eigenvalue weighted by Gasteiger charge is -2.27. The van der Waals surface area contributed by atoms with Crippen LogP contribution in [0.25, 0.3) is 0 Å². The summed E-state index contributed by atoms with van der Waals surface area (Å²) in [6.45, 7) is 5.09. The number of nitrogens with two attached hydrogens (primary N) is 1. The molecule has 1 aliphatic heterocycles. The average Bonchev–Trinajstić information content (AvgIpc) is 2.54. The van der Waals surface area contributed by atoms with Crippen LogP contribution in [0.15, 0.2) is 29.3 Å². The molecule has 2 N–H and O–H groups in total. The highest BCUT2D eigenvalue weighted by Crippen LogP contribution is 2.19. The van der Waals surface area contributed by atoms with Gasteiger partial charge < -0.3 is 25.0 Å². The average molecular weight is 434 g/mol. The number of morpholine rings is 1. The summed E-state index contributed by atoms with van der Waals surface area (Å²) >= 11 is 0. The normalized spacial score (nSPS) is 15.4. The predicted molar refractivity (Wildman–Crippen MR) is 104 cm³/mol. The fourth-order valence-corrected chi connectivity index (χ4v) is 2.17. The molecule has 0 unspecified atom stereocenters. The molecule has 1 aliphatic rings. The molecule has 1 heterocycles. The van der Waals surface area contributed by atoms with E-state index in [2.05, 4.69) is 14.8 Å². The number of benzene rings is 1. The van der Waals surface area contributed by atoms with E-state index in [9.17, 15) is 0 Å². The standard InChI is InChI=1S/C16H26N4O2.HI/c1-19(2)7-12-22-15-6-4-3-5-14(15)13-18-16(17)20-8-10-21-11-9-20;/h3-6H,7-13H2,1-2H3,(H2,17,18);1H. The fourth-order valence-electron chi connectivity index (χ4n) is 2.17. The van der Waals surface area contributed by atoms with E-state index in [4.69, 9.17) is 15.2 Å². The topological polar surface area (TPSA) is 63.3 Å². The van der Waals surface area contributed by atoms with Gasteiger partial charge in [-0.3, -0.25) is 0 Å². The Labute approximate surface area is 155 Å². The minimum absolute atomic E-state index is 0. The molecule has 0 spiro atoms. The maximum Gasteiger partial charge on any atom is 0.191 e. The van der Waals surface area contributed by atoms with Crippen LogP contribution >= 0.6 is 24.0 Å². The number of hydrogen-bond acceptors (Lipinski definition) is 4. The smallest absolute Gasteiger partial charge is 0.191 e. The van der Waals surface area contributed by atoms with Crippen molar-refractivity contribution in [1.29, 1.82) is 0 Å². The van der Waals surface area contributed by atoms with Crippen molar-refractivity contribution in [3.63, 3.8) is 0 Å². The molecule has 23 heavy (non-hydrogen) atoms. The highest BCUT2D eigenvalue weighted by molar-refractivity contribution is 14.0. The molecule has 0 amide bonds. The summed E-state index contributed by atoms with van der Waals surface area (Å²) < 4.78 is 11.2. The van der Waals surface area contributed by atoms with E-state index < -0.39 is 0 Å². The second-order valence-corrected chi connectivity index (χ2v) is 5.53. The summed E-state index contributed by atoms with van der Waals surface area (Å²) in [4.78, 5) is 8.65. The van der Waals surface area contributed by atoms with Gasteiger partial charge in [0.1, 0.15) is 12.4 Å². The van der Waals surface area contributed by atoms with Gasteiger partial charge in [0.15, 0.2) is 5.96 Å². The second kappa shape index (κ2) is 10.7. The lowest BCUT2D eigenvalue weighted by molar-refractivity contribution is 0.0674. The number of rotatable bonds is 6. The van der Waals surface area contributed by atoms with Gasteiger partial charge in [0.25, 0.3) is 0 Å². The number of nitrogens with zero attached hydrogens (tertiary/aromatic N) is 3. The van der Waals surface area contributed by atoms with Gasteiger partial charge in [-0.1, -0.05) is 18.2 Å². The van der Waals surface area contributed by atoms with Crippen LogP contribution in [-0.4, -0.2) is 69.3 Å². The molecule has 6 nitrogen and oxygen atoms in total. The van der Waals surface area contributed by atoms with E-state index in [1.807, 2.05) is 38.4 Å². The Morgan fingerprint density at radius 1 is 1.30 bits per heavy atom. The van der Waals surface area contributed by atoms with Gasteiger partial charge in [-0.15, -0.1) is 24.0 Å². The fraction of sp³-hybridized carbons (Fsp3) is 0.562. The van der Waals surface area contributed by atoms with Crippen LogP contribution in [0.1, 0.15) is 5.56 Å². The van der Waals surface area contributed by atoms with Crippen LogP contribution in [0.4, 0.5) is 0 Å². The predicted octanol–water partition coefficient (Wildman–Crippen LogP) is 1.39. The van der Waals surface area contributed by atoms with Crippen LogP contribution < -0.4 is 10.5 Å². The number of halogens is 1. The van der Waals surface area contributed by atoms with Gasteiger partial charge in [0, 0.05) is 25.2 Å². The third-order valence-corrected chi connectivity index (χ3v) is 3.52. The number of para-hydroxylation sites is 1. The third-order valence-electron chi connectivity index (χ3n) is 3.52. The van der Waals surface area contributed by atoms with E-state index in [1.165, 1.54) is 0 Å². The zero-order chi connectivity index (χ0) is 15.8. The molecule has 1 aromatic carbocycles. The van der Waals surface area contributed by atoms with Crippen LogP contribution in [-0.2, 0) is 11.3 Å². The molecule has 0 bridgehead atoms. The first-order valence-electron chi connectivity index (χ1n) is 7.65. The van der Waals surface area contributed by atoms with E-state index in [0.29, 0.717) is 32.3 Å². The molecule has 1 fully saturated rings. The van der Waals surface area contributed by atoms with Gasteiger partial charge in [-0.2, -0.15) is 0 Å². The maximum atomic E-state index is 6.06. The molecule has 0 radical (unpaired) electrons. The summed E-state index contributed by atoms with van der Waals surface area (Å²) in [5, 5.41) is 0. The molecule has 0 aromatic heterocycles. The van der Waals surface area contributed by atoms with Gasteiger partial charge in [-0.25, -0.2) is 4.99 Å². The minimum Gasteiger partial charge on any atom is -0.492 e. The highest BCUT2D eigenvalue weighted by Gasteiger charge is 2.12.